The largest absolute Gasteiger partial charge is 0.507 e. The third-order valence-corrected chi connectivity index (χ3v) is 6.06. The number of aldehydes is 1. The van der Waals surface area contributed by atoms with Crippen LogP contribution < -0.4 is 4.72 Å². The predicted octanol–water partition coefficient (Wildman–Crippen LogP) is 2.74. The molecule has 2 heterocycles. The van der Waals surface area contributed by atoms with E-state index in [-0.39, 0.29) is 21.9 Å². The zero-order valence-electron chi connectivity index (χ0n) is 17.1. The lowest BCUT2D eigenvalue weighted by molar-refractivity contribution is 0.0972. The fraction of sp³-hybridized carbons (Fsp3) is 0.0455. The van der Waals surface area contributed by atoms with Gasteiger partial charge in [-0.15, -0.1) is 5.10 Å². The van der Waals surface area contributed by atoms with Crippen molar-refractivity contribution in [3.63, 3.8) is 0 Å². The minimum absolute atomic E-state index is 0.120. The van der Waals surface area contributed by atoms with Gasteiger partial charge in [-0.2, -0.15) is 5.10 Å². The van der Waals surface area contributed by atoms with E-state index in [1.165, 1.54) is 48.7 Å². The third kappa shape index (κ3) is 4.48. The monoisotopic (exact) mass is 464 g/mol. The number of phenols is 1. The van der Waals surface area contributed by atoms with Gasteiger partial charge in [-0.1, -0.05) is 23.4 Å². The summed E-state index contributed by atoms with van der Waals surface area (Å²) in [6, 6.07) is 13.2. The molecule has 2 N–H and O–H groups in total. The van der Waals surface area contributed by atoms with Crippen LogP contribution in [0.25, 0.3) is 22.4 Å². The Morgan fingerprint density at radius 2 is 1.79 bits per heavy atom. The Kier molecular flexibility index (Phi) is 5.71. The first kappa shape index (κ1) is 21.8. The minimum atomic E-state index is -4.16. The zero-order chi connectivity index (χ0) is 23.6. The molecule has 4 rings (SSSR count). The number of carbonyl (C=O) groups is 2. The molecular weight excluding hydrogens is 448 g/mol. The Balaban J connectivity index is 1.64. The van der Waals surface area contributed by atoms with E-state index < -0.39 is 15.9 Å². The lowest BCUT2D eigenvalue weighted by Crippen LogP contribution is -2.30. The summed E-state index contributed by atoms with van der Waals surface area (Å²) in [7, 11) is -4.16. The number of aromatic nitrogens is 3. The van der Waals surface area contributed by atoms with Crippen LogP contribution in [-0.2, 0) is 10.0 Å². The number of sulfonamides is 1. The number of nitrogens with one attached hydrogen (secondary N) is 1. The highest BCUT2D eigenvalue weighted by atomic mass is 32.2. The Bertz CT molecular complexity index is 1460. The number of carbonyl (C=O) groups excluding carboxylic acids is 2. The smallest absolute Gasteiger partial charge is 0.287 e. The van der Waals surface area contributed by atoms with Crippen molar-refractivity contribution in [3.05, 3.63) is 77.8 Å². The number of nitrogens with zero attached hydrogens (tertiary/aromatic N) is 3. The Hall–Kier alpha value is -4.38. The molecule has 0 radical (unpaired) electrons. The summed E-state index contributed by atoms with van der Waals surface area (Å²) >= 11 is 0. The summed E-state index contributed by atoms with van der Waals surface area (Å²) in [6.45, 7) is 1.58. The molecule has 0 aliphatic rings. The van der Waals surface area contributed by atoms with Crippen LogP contribution in [-0.4, -0.2) is 41.1 Å². The van der Waals surface area contributed by atoms with E-state index in [0.717, 1.165) is 0 Å². The van der Waals surface area contributed by atoms with Crippen LogP contribution in [0.5, 0.6) is 5.75 Å². The van der Waals surface area contributed by atoms with Crippen molar-refractivity contribution in [2.75, 3.05) is 0 Å². The predicted molar refractivity (Wildman–Crippen MR) is 116 cm³/mol. The maximum Gasteiger partial charge on any atom is 0.287 e. The second-order valence-electron chi connectivity index (χ2n) is 6.97. The van der Waals surface area contributed by atoms with Crippen molar-refractivity contribution in [3.8, 4) is 28.1 Å². The van der Waals surface area contributed by atoms with Crippen LogP contribution in [0.1, 0.15) is 26.6 Å². The second kappa shape index (κ2) is 8.63. The van der Waals surface area contributed by atoms with Crippen molar-refractivity contribution in [2.24, 2.45) is 0 Å². The van der Waals surface area contributed by atoms with Gasteiger partial charge in [0.15, 0.2) is 12.0 Å². The highest BCUT2D eigenvalue weighted by Crippen LogP contribution is 2.32. The van der Waals surface area contributed by atoms with E-state index in [1.807, 2.05) is 4.72 Å². The van der Waals surface area contributed by atoms with Gasteiger partial charge in [0.25, 0.3) is 15.9 Å². The van der Waals surface area contributed by atoms with Gasteiger partial charge in [0.1, 0.15) is 17.2 Å². The molecule has 2 aromatic carbocycles. The molecule has 0 aliphatic heterocycles. The van der Waals surface area contributed by atoms with E-state index in [4.69, 9.17) is 4.52 Å². The molecule has 0 atom stereocenters. The van der Waals surface area contributed by atoms with E-state index in [1.54, 1.807) is 19.1 Å². The molecule has 0 spiro atoms. The topological polar surface area (TPSA) is 152 Å². The van der Waals surface area contributed by atoms with Crippen molar-refractivity contribution >= 4 is 22.2 Å². The van der Waals surface area contributed by atoms with Crippen LogP contribution in [0.4, 0.5) is 0 Å². The molecule has 166 valence electrons. The first-order chi connectivity index (χ1) is 15.8. The number of phenolic OH excluding ortho intramolecular Hbond substituents is 1. The fourth-order valence-electron chi connectivity index (χ4n) is 3.09. The van der Waals surface area contributed by atoms with Crippen molar-refractivity contribution in [1.29, 1.82) is 0 Å². The summed E-state index contributed by atoms with van der Waals surface area (Å²) in [6.07, 6.45) is 2.02. The van der Waals surface area contributed by atoms with E-state index in [0.29, 0.717) is 34.4 Å². The van der Waals surface area contributed by atoms with Gasteiger partial charge in [-0.25, -0.2) is 13.1 Å². The SMILES string of the molecule is Cc1cc(C(=O)NS(=O)(=O)c2ccc(-c3nnccc3-c3ccc(O)c(C=O)c3)cc2)no1. The average molecular weight is 464 g/mol. The number of rotatable bonds is 6. The molecule has 0 unspecified atom stereocenters. The van der Waals surface area contributed by atoms with Gasteiger partial charge in [-0.3, -0.25) is 9.59 Å². The molecule has 0 saturated heterocycles. The van der Waals surface area contributed by atoms with Crippen LogP contribution in [0.3, 0.4) is 0 Å². The maximum absolute atomic E-state index is 12.6. The summed E-state index contributed by atoms with van der Waals surface area (Å²) in [5.41, 5.74) is 2.20. The molecule has 11 heteroatoms. The summed E-state index contributed by atoms with van der Waals surface area (Å²) in [5, 5.41) is 21.3. The van der Waals surface area contributed by atoms with Crippen LogP contribution >= 0.6 is 0 Å². The number of aromatic hydroxyl groups is 1. The first-order valence-corrected chi connectivity index (χ1v) is 11.0. The van der Waals surface area contributed by atoms with Crippen LogP contribution in [0.15, 0.2) is 70.2 Å². The second-order valence-corrected chi connectivity index (χ2v) is 8.65. The van der Waals surface area contributed by atoms with Crippen LogP contribution in [0.2, 0.25) is 0 Å². The minimum Gasteiger partial charge on any atom is -0.507 e. The Labute approximate surface area is 187 Å². The van der Waals surface area contributed by atoms with E-state index >= 15 is 0 Å². The number of aryl methyl sites for hydroxylation is 1. The number of hydrogen-bond acceptors (Lipinski definition) is 9. The lowest BCUT2D eigenvalue weighted by Gasteiger charge is -2.10. The molecule has 0 aliphatic carbocycles. The molecule has 0 bridgehead atoms. The highest BCUT2D eigenvalue weighted by Gasteiger charge is 2.21. The van der Waals surface area contributed by atoms with Crippen LogP contribution in [0, 0.1) is 6.92 Å². The first-order valence-electron chi connectivity index (χ1n) is 9.49. The van der Waals surface area contributed by atoms with E-state index in [2.05, 4.69) is 15.4 Å². The zero-order valence-corrected chi connectivity index (χ0v) is 17.9. The normalized spacial score (nSPS) is 11.2. The number of hydrogen-bond donors (Lipinski definition) is 2. The highest BCUT2D eigenvalue weighted by molar-refractivity contribution is 7.90. The van der Waals surface area contributed by atoms with Gasteiger partial charge < -0.3 is 9.63 Å². The van der Waals surface area contributed by atoms with Crippen molar-refractivity contribution in [1.82, 2.24) is 20.1 Å². The summed E-state index contributed by atoms with van der Waals surface area (Å²) in [5.74, 6) is -0.685. The molecule has 0 saturated carbocycles. The molecule has 33 heavy (non-hydrogen) atoms. The molecule has 10 nitrogen and oxygen atoms in total. The Morgan fingerprint density at radius 1 is 1.06 bits per heavy atom. The van der Waals surface area contributed by atoms with Crippen molar-refractivity contribution < 1.29 is 27.6 Å². The molecule has 0 fully saturated rings. The van der Waals surface area contributed by atoms with Gasteiger partial charge in [0.05, 0.1) is 16.7 Å². The standard InChI is InChI=1S/C22H16N4O6S/c1-13-10-19(25-32-13)22(29)26-33(30,31)17-5-2-14(3-6-17)21-18(8-9-23-24-21)15-4-7-20(28)16(11-15)12-27/h2-12,28H,1H3,(H,26,29). The summed E-state index contributed by atoms with van der Waals surface area (Å²) in [4.78, 5) is 23.2. The van der Waals surface area contributed by atoms with Crippen molar-refractivity contribution in [2.45, 2.75) is 11.8 Å². The quantitative estimate of drug-likeness (QED) is 0.410. The molecular formula is C22H16N4O6S. The molecule has 1 amide bonds. The number of benzene rings is 2. The van der Waals surface area contributed by atoms with Gasteiger partial charge in [0.2, 0.25) is 0 Å². The Morgan fingerprint density at radius 3 is 2.45 bits per heavy atom. The number of amides is 1. The van der Waals surface area contributed by atoms with Gasteiger partial charge in [-0.05, 0) is 42.8 Å². The van der Waals surface area contributed by atoms with E-state index in [9.17, 15) is 23.1 Å². The average Bonchev–Trinajstić information content (AvgIpc) is 3.26. The fourth-order valence-corrected chi connectivity index (χ4v) is 4.05. The van der Waals surface area contributed by atoms with Gasteiger partial charge >= 0.3 is 0 Å². The molecule has 4 aromatic rings. The van der Waals surface area contributed by atoms with Gasteiger partial charge in [0, 0.05) is 17.2 Å². The molecule has 2 aromatic heterocycles. The lowest BCUT2D eigenvalue weighted by atomic mass is 9.98. The maximum atomic E-state index is 12.6. The summed E-state index contributed by atoms with van der Waals surface area (Å²) < 4.78 is 31.9. The third-order valence-electron chi connectivity index (χ3n) is 4.71.